The number of rotatable bonds is 3. The molecule has 1 nitrogen and oxygen atoms in total. The highest BCUT2D eigenvalue weighted by Crippen LogP contribution is 2.25. The maximum atomic E-state index is 13.9. The molecule has 1 aliphatic rings. The molecule has 89 valence electrons. The summed E-state index contributed by atoms with van der Waals surface area (Å²) < 4.78 is 32.3. The number of halogens is 3. The summed E-state index contributed by atoms with van der Waals surface area (Å²) in [7, 11) is 0. The predicted octanol–water partition coefficient (Wildman–Crippen LogP) is 3.99. The molecule has 1 aromatic rings. The van der Waals surface area contributed by atoms with Gasteiger partial charge in [-0.25, -0.2) is 8.78 Å². The van der Waals surface area contributed by atoms with Crippen LogP contribution in [0.1, 0.15) is 5.56 Å². The maximum absolute atomic E-state index is 13.9. The first-order valence-corrected chi connectivity index (χ1v) is 5.44. The van der Waals surface area contributed by atoms with Gasteiger partial charge in [0, 0.05) is 10.6 Å². The summed E-state index contributed by atoms with van der Waals surface area (Å²) in [6, 6.07) is 4.18. The van der Waals surface area contributed by atoms with E-state index in [-0.39, 0.29) is 12.2 Å². The van der Waals surface area contributed by atoms with E-state index in [4.69, 9.17) is 16.3 Å². The Hall–Kier alpha value is -1.19. The molecule has 0 fully saturated rings. The zero-order chi connectivity index (χ0) is 12.3. The Morgan fingerprint density at radius 1 is 1.24 bits per heavy atom. The molecular weight excluding hydrogens is 246 g/mol. The average molecular weight is 256 g/mol. The summed E-state index contributed by atoms with van der Waals surface area (Å²) in [5, 5.41) is 0.299. The second-order valence-electron chi connectivity index (χ2n) is 3.63. The zero-order valence-corrected chi connectivity index (χ0v) is 9.62. The monoisotopic (exact) mass is 255 g/mol. The maximum Gasteiger partial charge on any atom is 0.236 e. The highest BCUT2D eigenvalue weighted by Gasteiger charge is 2.27. The minimum atomic E-state index is -1.97. The Bertz CT molecular complexity index is 470. The third kappa shape index (κ3) is 3.14. The van der Waals surface area contributed by atoms with Crippen LogP contribution < -0.4 is 0 Å². The van der Waals surface area contributed by atoms with E-state index in [1.54, 1.807) is 6.08 Å². The fraction of sp³-hybridized carbons (Fsp3) is 0.154. The van der Waals surface area contributed by atoms with Gasteiger partial charge in [0.05, 0.1) is 13.0 Å². The lowest BCUT2D eigenvalue weighted by atomic mass is 10.1. The summed E-state index contributed by atoms with van der Waals surface area (Å²) in [6.45, 7) is -0.159. The van der Waals surface area contributed by atoms with Crippen molar-refractivity contribution in [1.29, 1.82) is 0 Å². The van der Waals surface area contributed by atoms with Crippen molar-refractivity contribution >= 4 is 11.6 Å². The number of allylic oxidation sites excluding steroid dienone is 2. The van der Waals surface area contributed by atoms with E-state index in [2.05, 4.69) is 0 Å². The SMILES string of the molecule is Fc1cc(Cl)ccc1COC1(F)[CH]C=CC=C1. The van der Waals surface area contributed by atoms with Crippen molar-refractivity contribution in [3.05, 3.63) is 65.3 Å². The Morgan fingerprint density at radius 3 is 2.71 bits per heavy atom. The standard InChI is InChI=1S/C13H10ClF2O/c14-11-5-4-10(12(15)8-11)9-17-13(16)6-2-1-3-7-13/h1-8H,9H2. The van der Waals surface area contributed by atoms with Crippen LogP contribution in [0.2, 0.25) is 5.02 Å². The average Bonchev–Trinajstić information content (AvgIpc) is 2.29. The van der Waals surface area contributed by atoms with Crippen LogP contribution in [0.25, 0.3) is 0 Å². The normalized spacial score (nSPS) is 23.0. The molecule has 1 atom stereocenters. The van der Waals surface area contributed by atoms with Crippen molar-refractivity contribution in [1.82, 2.24) is 0 Å². The van der Waals surface area contributed by atoms with E-state index in [0.29, 0.717) is 5.02 Å². The second-order valence-corrected chi connectivity index (χ2v) is 4.07. The van der Waals surface area contributed by atoms with Crippen LogP contribution in [0, 0.1) is 12.2 Å². The molecule has 0 saturated heterocycles. The van der Waals surface area contributed by atoms with Crippen LogP contribution in [-0.4, -0.2) is 5.85 Å². The minimum absolute atomic E-state index is 0.159. The van der Waals surface area contributed by atoms with E-state index >= 15 is 0 Å². The molecule has 17 heavy (non-hydrogen) atoms. The van der Waals surface area contributed by atoms with E-state index in [1.807, 2.05) is 0 Å². The first kappa shape index (κ1) is 12.3. The second kappa shape index (κ2) is 4.98. The molecule has 0 spiro atoms. The lowest BCUT2D eigenvalue weighted by Gasteiger charge is -2.22. The van der Waals surface area contributed by atoms with Gasteiger partial charge in [0.1, 0.15) is 5.82 Å². The summed E-state index contributed by atoms with van der Waals surface area (Å²) in [5.41, 5.74) is 0.266. The van der Waals surface area contributed by atoms with Gasteiger partial charge in [-0.05, 0) is 18.2 Å². The molecule has 0 N–H and O–H groups in total. The predicted molar refractivity (Wildman–Crippen MR) is 62.6 cm³/mol. The van der Waals surface area contributed by atoms with Crippen LogP contribution in [-0.2, 0) is 11.3 Å². The van der Waals surface area contributed by atoms with Crippen LogP contribution in [0.4, 0.5) is 8.78 Å². The van der Waals surface area contributed by atoms with E-state index in [9.17, 15) is 8.78 Å². The molecule has 0 aromatic heterocycles. The fourth-order valence-electron chi connectivity index (χ4n) is 1.42. The van der Waals surface area contributed by atoms with Gasteiger partial charge in [-0.15, -0.1) is 0 Å². The van der Waals surface area contributed by atoms with Gasteiger partial charge in [-0.1, -0.05) is 35.9 Å². The van der Waals surface area contributed by atoms with Crippen molar-refractivity contribution < 1.29 is 13.5 Å². The van der Waals surface area contributed by atoms with Crippen LogP contribution in [0.3, 0.4) is 0 Å². The van der Waals surface area contributed by atoms with Crippen molar-refractivity contribution in [2.75, 3.05) is 0 Å². The van der Waals surface area contributed by atoms with E-state index < -0.39 is 11.7 Å². The summed E-state index contributed by atoms with van der Waals surface area (Å²) >= 11 is 5.61. The number of ether oxygens (including phenoxy) is 1. The van der Waals surface area contributed by atoms with Crippen molar-refractivity contribution in [2.45, 2.75) is 12.5 Å². The van der Waals surface area contributed by atoms with Gasteiger partial charge in [-0.3, -0.25) is 0 Å². The number of alkyl halides is 1. The van der Waals surface area contributed by atoms with E-state index in [1.165, 1.54) is 42.8 Å². The number of benzene rings is 1. The molecule has 1 radical (unpaired) electrons. The molecule has 0 heterocycles. The molecule has 1 unspecified atom stereocenters. The molecular formula is C13H10ClF2O. The lowest BCUT2D eigenvalue weighted by Crippen LogP contribution is -2.25. The van der Waals surface area contributed by atoms with Gasteiger partial charge < -0.3 is 4.74 Å². The highest BCUT2D eigenvalue weighted by atomic mass is 35.5. The van der Waals surface area contributed by atoms with Crippen molar-refractivity contribution in [3.8, 4) is 0 Å². The fourth-order valence-corrected chi connectivity index (χ4v) is 1.58. The minimum Gasteiger partial charge on any atom is -0.337 e. The van der Waals surface area contributed by atoms with Gasteiger partial charge in [0.2, 0.25) is 5.85 Å². The highest BCUT2D eigenvalue weighted by molar-refractivity contribution is 6.30. The summed E-state index contributed by atoms with van der Waals surface area (Å²) in [4.78, 5) is 0. The molecule has 2 rings (SSSR count). The van der Waals surface area contributed by atoms with Crippen LogP contribution in [0.5, 0.6) is 0 Å². The summed E-state index contributed by atoms with van der Waals surface area (Å²) in [5.74, 6) is -2.47. The van der Waals surface area contributed by atoms with E-state index in [0.717, 1.165) is 0 Å². The molecule has 0 bridgehead atoms. The summed E-state index contributed by atoms with van der Waals surface area (Å²) in [6.07, 6.45) is 7.29. The van der Waals surface area contributed by atoms with Gasteiger partial charge in [0.25, 0.3) is 0 Å². The van der Waals surface area contributed by atoms with Crippen molar-refractivity contribution in [3.63, 3.8) is 0 Å². The Kier molecular flexibility index (Phi) is 3.60. The zero-order valence-electron chi connectivity index (χ0n) is 8.87. The van der Waals surface area contributed by atoms with Crippen molar-refractivity contribution in [2.24, 2.45) is 0 Å². The lowest BCUT2D eigenvalue weighted by molar-refractivity contribution is -0.0890. The quantitative estimate of drug-likeness (QED) is 0.793. The Balaban J connectivity index is 2.02. The Labute approximate surface area is 103 Å². The van der Waals surface area contributed by atoms with Crippen LogP contribution in [0.15, 0.2) is 42.5 Å². The molecule has 1 aliphatic carbocycles. The van der Waals surface area contributed by atoms with Gasteiger partial charge >= 0.3 is 0 Å². The molecule has 0 saturated carbocycles. The number of hydrogen-bond acceptors (Lipinski definition) is 1. The Morgan fingerprint density at radius 2 is 2.06 bits per heavy atom. The number of hydrogen-bond donors (Lipinski definition) is 0. The first-order valence-electron chi connectivity index (χ1n) is 5.06. The largest absolute Gasteiger partial charge is 0.337 e. The third-order valence-corrected chi connectivity index (χ3v) is 2.57. The van der Waals surface area contributed by atoms with Gasteiger partial charge in [0.15, 0.2) is 0 Å². The molecule has 0 amide bonds. The topological polar surface area (TPSA) is 9.23 Å². The molecule has 4 heteroatoms. The van der Waals surface area contributed by atoms with Gasteiger partial charge in [-0.2, -0.15) is 0 Å². The molecule has 1 aromatic carbocycles. The first-order chi connectivity index (χ1) is 8.09. The van der Waals surface area contributed by atoms with Crippen LogP contribution >= 0.6 is 11.6 Å². The molecule has 0 aliphatic heterocycles. The smallest absolute Gasteiger partial charge is 0.236 e. The third-order valence-electron chi connectivity index (χ3n) is 2.33.